The Morgan fingerprint density at radius 3 is 1.23 bits per heavy atom. The molecule has 0 atom stereocenters. The molecule has 0 saturated carbocycles. The lowest BCUT2D eigenvalue weighted by Crippen LogP contribution is -2.08. The van der Waals surface area contributed by atoms with Crippen molar-refractivity contribution in [1.82, 2.24) is 0 Å². The average molecular weight is 399 g/mol. The van der Waals surface area contributed by atoms with Crippen LogP contribution in [0.25, 0.3) is 43.9 Å². The number of rotatable bonds is 2. The molecule has 0 aliphatic rings. The van der Waals surface area contributed by atoms with Gasteiger partial charge in [0.1, 0.15) is 22.3 Å². The molecule has 0 unspecified atom stereocenters. The molecular weight excluding hydrogens is 368 g/mol. The van der Waals surface area contributed by atoms with Crippen molar-refractivity contribution in [2.45, 2.75) is 54.4 Å². The van der Waals surface area contributed by atoms with Crippen LogP contribution < -0.4 is 0 Å². The molecule has 0 radical (unpaired) electrons. The predicted octanol–water partition coefficient (Wildman–Crippen LogP) is 8.66. The maximum absolute atomic E-state index is 6.23. The Bertz CT molecular complexity index is 1290. The van der Waals surface area contributed by atoms with Gasteiger partial charge in [0.2, 0.25) is 0 Å². The smallest absolute Gasteiger partial charge is 0.136 e. The maximum Gasteiger partial charge on any atom is 0.136 e. The van der Waals surface area contributed by atoms with Crippen molar-refractivity contribution in [3.63, 3.8) is 0 Å². The van der Waals surface area contributed by atoms with Crippen LogP contribution in [-0.4, -0.2) is 0 Å². The second kappa shape index (κ2) is 6.38. The van der Waals surface area contributed by atoms with E-state index in [-0.39, 0.29) is 10.8 Å². The van der Waals surface area contributed by atoms with Gasteiger partial charge < -0.3 is 8.83 Å². The zero-order chi connectivity index (χ0) is 21.3. The molecule has 2 nitrogen and oxygen atoms in total. The summed E-state index contributed by atoms with van der Waals surface area (Å²) in [4.78, 5) is 0. The minimum absolute atomic E-state index is 0.254. The SMILES string of the molecule is CC(C)(C)Cc1ccc2oc3cc4c(cc3c2c1)oc1ccc(CC(C)(C)C)cc14. The molecule has 0 aliphatic heterocycles. The van der Waals surface area contributed by atoms with Crippen LogP contribution in [0, 0.1) is 10.8 Å². The van der Waals surface area contributed by atoms with Gasteiger partial charge in [-0.25, -0.2) is 0 Å². The number of fused-ring (bicyclic) bond motifs is 6. The van der Waals surface area contributed by atoms with Gasteiger partial charge in [0.15, 0.2) is 0 Å². The molecule has 2 aromatic heterocycles. The lowest BCUT2D eigenvalue weighted by Gasteiger charge is -2.17. The summed E-state index contributed by atoms with van der Waals surface area (Å²) in [6.45, 7) is 13.6. The van der Waals surface area contributed by atoms with E-state index in [2.05, 4.69) is 90.1 Å². The molecule has 5 rings (SSSR count). The molecule has 0 amide bonds. The second-order valence-corrected chi connectivity index (χ2v) is 11.2. The average Bonchev–Trinajstić information content (AvgIpc) is 3.14. The van der Waals surface area contributed by atoms with Crippen molar-refractivity contribution in [3.8, 4) is 0 Å². The van der Waals surface area contributed by atoms with E-state index in [1.165, 1.54) is 21.9 Å². The zero-order valence-corrected chi connectivity index (χ0v) is 18.8. The third-order valence-electron chi connectivity index (χ3n) is 5.66. The molecule has 0 N–H and O–H groups in total. The Kier molecular flexibility index (Phi) is 4.09. The van der Waals surface area contributed by atoms with Crippen molar-refractivity contribution in [3.05, 3.63) is 59.7 Å². The van der Waals surface area contributed by atoms with Gasteiger partial charge in [0.25, 0.3) is 0 Å². The lowest BCUT2D eigenvalue weighted by atomic mass is 9.87. The minimum Gasteiger partial charge on any atom is -0.456 e. The van der Waals surface area contributed by atoms with Crippen molar-refractivity contribution in [2.75, 3.05) is 0 Å². The van der Waals surface area contributed by atoms with Gasteiger partial charge in [-0.2, -0.15) is 0 Å². The summed E-state index contributed by atoms with van der Waals surface area (Å²) in [7, 11) is 0. The third-order valence-corrected chi connectivity index (χ3v) is 5.66. The molecule has 154 valence electrons. The first-order valence-electron chi connectivity index (χ1n) is 10.9. The van der Waals surface area contributed by atoms with Crippen LogP contribution in [0.4, 0.5) is 0 Å². The van der Waals surface area contributed by atoms with E-state index in [9.17, 15) is 0 Å². The van der Waals surface area contributed by atoms with Gasteiger partial charge in [-0.15, -0.1) is 0 Å². The Hall–Kier alpha value is -2.74. The standard InChI is InChI=1S/C28H30O2/c1-27(2,3)15-17-7-9-23-19(11-17)21-13-26-22(14-25(21)29-23)20-12-18(16-28(4,5)6)8-10-24(20)30-26/h7-14H,15-16H2,1-6H3. The fourth-order valence-corrected chi connectivity index (χ4v) is 4.58. The molecular formula is C28H30O2. The van der Waals surface area contributed by atoms with E-state index in [0.29, 0.717) is 0 Å². The van der Waals surface area contributed by atoms with Gasteiger partial charge in [0, 0.05) is 21.5 Å². The van der Waals surface area contributed by atoms with E-state index < -0.39 is 0 Å². The highest BCUT2D eigenvalue weighted by Crippen LogP contribution is 2.38. The van der Waals surface area contributed by atoms with Crippen molar-refractivity contribution < 1.29 is 8.83 Å². The predicted molar refractivity (Wildman–Crippen MR) is 127 cm³/mol. The molecule has 2 heterocycles. The Morgan fingerprint density at radius 2 is 0.867 bits per heavy atom. The molecule has 3 aromatic carbocycles. The van der Waals surface area contributed by atoms with E-state index in [0.717, 1.165) is 45.9 Å². The highest BCUT2D eigenvalue weighted by atomic mass is 16.3. The summed E-state index contributed by atoms with van der Waals surface area (Å²) in [5, 5.41) is 4.59. The van der Waals surface area contributed by atoms with Gasteiger partial charge >= 0.3 is 0 Å². The summed E-state index contributed by atoms with van der Waals surface area (Å²) in [6.07, 6.45) is 2.08. The van der Waals surface area contributed by atoms with Gasteiger partial charge in [0.05, 0.1) is 0 Å². The van der Waals surface area contributed by atoms with Crippen LogP contribution in [0.1, 0.15) is 52.7 Å². The van der Waals surface area contributed by atoms with E-state index >= 15 is 0 Å². The number of hydrogen-bond donors (Lipinski definition) is 0. The molecule has 0 bridgehead atoms. The highest BCUT2D eigenvalue weighted by molar-refractivity contribution is 6.14. The Balaban J connectivity index is 1.69. The molecule has 5 aromatic rings. The quantitative estimate of drug-likeness (QED) is 0.297. The van der Waals surface area contributed by atoms with Crippen LogP contribution in [-0.2, 0) is 12.8 Å². The molecule has 0 fully saturated rings. The van der Waals surface area contributed by atoms with Crippen molar-refractivity contribution in [1.29, 1.82) is 0 Å². The van der Waals surface area contributed by atoms with Gasteiger partial charge in [-0.1, -0.05) is 53.7 Å². The lowest BCUT2D eigenvalue weighted by molar-refractivity contribution is 0.411. The van der Waals surface area contributed by atoms with Crippen molar-refractivity contribution >= 4 is 43.9 Å². The Labute approximate surface area is 177 Å². The van der Waals surface area contributed by atoms with E-state index in [1.54, 1.807) is 0 Å². The summed E-state index contributed by atoms with van der Waals surface area (Å²) in [5.41, 5.74) is 6.92. The molecule has 2 heteroatoms. The monoisotopic (exact) mass is 398 g/mol. The summed E-state index contributed by atoms with van der Waals surface area (Å²) in [5.74, 6) is 0. The third kappa shape index (κ3) is 3.49. The fraction of sp³-hybridized carbons (Fsp3) is 0.357. The zero-order valence-electron chi connectivity index (χ0n) is 18.8. The first kappa shape index (κ1) is 19.2. The Morgan fingerprint density at radius 1 is 0.500 bits per heavy atom. The van der Waals surface area contributed by atoms with Crippen LogP contribution in [0.15, 0.2) is 57.4 Å². The first-order valence-corrected chi connectivity index (χ1v) is 10.9. The minimum atomic E-state index is 0.254. The second-order valence-electron chi connectivity index (χ2n) is 11.2. The maximum atomic E-state index is 6.23. The van der Waals surface area contributed by atoms with Crippen molar-refractivity contribution in [2.24, 2.45) is 10.8 Å². The molecule has 0 spiro atoms. The molecule has 0 aliphatic carbocycles. The fourth-order valence-electron chi connectivity index (χ4n) is 4.58. The normalized spacial score (nSPS) is 13.3. The summed E-state index contributed by atoms with van der Waals surface area (Å²) >= 11 is 0. The van der Waals surface area contributed by atoms with Gasteiger partial charge in [-0.3, -0.25) is 0 Å². The largest absolute Gasteiger partial charge is 0.456 e. The van der Waals surface area contributed by atoms with E-state index in [4.69, 9.17) is 8.83 Å². The first-order chi connectivity index (χ1) is 14.1. The topological polar surface area (TPSA) is 26.3 Å². The summed E-state index contributed by atoms with van der Waals surface area (Å²) < 4.78 is 12.5. The number of benzene rings is 3. The van der Waals surface area contributed by atoms with Crippen LogP contribution in [0.3, 0.4) is 0 Å². The van der Waals surface area contributed by atoms with Crippen LogP contribution in [0.2, 0.25) is 0 Å². The van der Waals surface area contributed by atoms with Crippen LogP contribution >= 0.6 is 0 Å². The van der Waals surface area contributed by atoms with Crippen LogP contribution in [0.5, 0.6) is 0 Å². The number of hydrogen-bond acceptors (Lipinski definition) is 2. The summed E-state index contributed by atoms with van der Waals surface area (Å²) in [6, 6.07) is 17.5. The van der Waals surface area contributed by atoms with E-state index in [1.807, 2.05) is 0 Å². The highest BCUT2D eigenvalue weighted by Gasteiger charge is 2.17. The number of furan rings is 2. The molecule has 0 saturated heterocycles. The molecule has 30 heavy (non-hydrogen) atoms. The van der Waals surface area contributed by atoms with Gasteiger partial charge in [-0.05, 0) is 71.2 Å².